The number of nitrogens with two attached hydrogens (primary N) is 2. The molecule has 7 N–H and O–H groups in total. The minimum Gasteiger partial charge on any atom is -0.494 e. The first-order valence-electron chi connectivity index (χ1n) is 22.9. The summed E-state index contributed by atoms with van der Waals surface area (Å²) in [5.41, 5.74) is 15.8. The molecule has 0 aliphatic rings. The average molecular weight is 1010 g/mol. The number of aromatic nitrogens is 8. The zero-order valence-electron chi connectivity index (χ0n) is 40.6. The van der Waals surface area contributed by atoms with Crippen LogP contribution in [0.4, 0.5) is 11.9 Å². The van der Waals surface area contributed by atoms with E-state index in [1.54, 1.807) is 57.5 Å². The first-order valence-corrected chi connectivity index (χ1v) is 25.4. The molecule has 6 rings (SSSR count). The second-order valence-electron chi connectivity index (χ2n) is 16.2. The van der Waals surface area contributed by atoms with Gasteiger partial charge in [-0.1, -0.05) is 28.2 Å². The van der Waals surface area contributed by atoms with Gasteiger partial charge < -0.3 is 40.1 Å². The summed E-state index contributed by atoms with van der Waals surface area (Å²) in [4.78, 5) is 86.2. The van der Waals surface area contributed by atoms with Crippen molar-refractivity contribution in [2.75, 3.05) is 49.0 Å². The van der Waals surface area contributed by atoms with Crippen molar-refractivity contribution < 1.29 is 43.0 Å². The Morgan fingerprint density at radius 2 is 1.21 bits per heavy atom. The topological polar surface area (TPSA) is 290 Å². The Labute approximate surface area is 417 Å². The summed E-state index contributed by atoms with van der Waals surface area (Å²) in [5.74, 6) is -0.692. The standard InChI is InChI=1S/C47H59N13O9S2/c1-8-59-34(21-28(5)55-59)43(64)53-46-51-32-23-30(41(48)62)25-36(67-7)39(32)57(46)15-10-11-16-58-40-33(52-47(58)54-44(65)35-22-29(6)56-60(35)9-2)24-31(42(49)63)26-37(40)68-17-12-14-50-38(61)13-19-70-71-20-18-69-45(66)27(3)4/h21-26H,3,8-20H2,1-2,4-7H3,(H2,48,62)(H2,49,63)(H,50,61)(H,51,53,64)(H,52,54,65). The number of hydrogen-bond donors (Lipinski definition) is 5. The van der Waals surface area contributed by atoms with Crippen LogP contribution in [-0.2, 0) is 40.5 Å². The van der Waals surface area contributed by atoms with E-state index in [0.717, 1.165) is 0 Å². The van der Waals surface area contributed by atoms with Gasteiger partial charge in [0.05, 0.1) is 36.1 Å². The van der Waals surface area contributed by atoms with Gasteiger partial charge in [0, 0.05) is 67.4 Å². The SMILES string of the molecule is C=C(C)C(=O)OCCSSCCC(=O)NCCCOc1cc(C(N)=O)cc2nc(NC(=O)c3cc(C)nn3CC)n(CCCCn3c(NC(=O)c4cc(C)nn4CC)nc4cc(C(N)=O)cc(OC)c43)c12. The Morgan fingerprint density at radius 3 is 1.70 bits per heavy atom. The number of rotatable bonds is 27. The molecule has 0 saturated heterocycles. The third-order valence-corrected chi connectivity index (χ3v) is 13.3. The molecule has 0 aliphatic heterocycles. The minimum absolute atomic E-state index is 0.130. The van der Waals surface area contributed by atoms with Crippen molar-refractivity contribution in [2.45, 2.75) is 86.5 Å². The molecule has 24 heteroatoms. The van der Waals surface area contributed by atoms with Gasteiger partial charge in [0.15, 0.2) is 0 Å². The van der Waals surface area contributed by atoms with E-state index in [1.807, 2.05) is 13.8 Å². The first kappa shape index (κ1) is 53.0. The molecule has 4 aromatic heterocycles. The number of primary amides is 2. The highest BCUT2D eigenvalue weighted by Crippen LogP contribution is 2.34. The largest absolute Gasteiger partial charge is 0.494 e. The zero-order valence-corrected chi connectivity index (χ0v) is 42.2. The molecule has 71 heavy (non-hydrogen) atoms. The van der Waals surface area contributed by atoms with Gasteiger partial charge in [0.2, 0.25) is 29.6 Å². The van der Waals surface area contributed by atoms with Crippen LogP contribution in [0.1, 0.15) is 99.5 Å². The van der Waals surface area contributed by atoms with E-state index in [-0.39, 0.29) is 54.4 Å². The molecule has 378 valence electrons. The molecule has 4 heterocycles. The maximum absolute atomic E-state index is 13.9. The fourth-order valence-corrected chi connectivity index (χ4v) is 9.38. The lowest BCUT2D eigenvalue weighted by atomic mass is 10.1. The van der Waals surface area contributed by atoms with E-state index in [4.69, 9.17) is 35.6 Å². The zero-order chi connectivity index (χ0) is 51.4. The fourth-order valence-electron chi connectivity index (χ4n) is 7.56. The first-order chi connectivity index (χ1) is 34.0. The summed E-state index contributed by atoms with van der Waals surface area (Å²) < 4.78 is 23.9. The van der Waals surface area contributed by atoms with Gasteiger partial charge in [-0.2, -0.15) is 10.2 Å². The predicted octanol–water partition coefficient (Wildman–Crippen LogP) is 5.40. The van der Waals surface area contributed by atoms with Crippen LogP contribution >= 0.6 is 21.6 Å². The number of aryl methyl sites for hydroxylation is 6. The van der Waals surface area contributed by atoms with Crippen molar-refractivity contribution in [1.29, 1.82) is 0 Å². The molecule has 0 bridgehead atoms. The van der Waals surface area contributed by atoms with Crippen LogP contribution in [-0.4, -0.2) is 113 Å². The van der Waals surface area contributed by atoms with Crippen molar-refractivity contribution >= 4 is 91.1 Å². The molecule has 2 aromatic carbocycles. The molecular formula is C47H59N13O9S2. The lowest BCUT2D eigenvalue weighted by Gasteiger charge is -2.15. The Hall–Kier alpha value is -7.34. The molecule has 6 aromatic rings. The fraction of sp³-hybridized carbons (Fsp3) is 0.404. The van der Waals surface area contributed by atoms with Gasteiger partial charge in [0.25, 0.3) is 11.8 Å². The van der Waals surface area contributed by atoms with Crippen molar-refractivity contribution in [3.05, 3.63) is 82.5 Å². The third-order valence-electron chi connectivity index (χ3n) is 10.9. The van der Waals surface area contributed by atoms with Gasteiger partial charge in [-0.05, 0) is 90.3 Å². The van der Waals surface area contributed by atoms with E-state index < -0.39 is 29.6 Å². The molecule has 22 nitrogen and oxygen atoms in total. The van der Waals surface area contributed by atoms with Crippen LogP contribution in [0, 0.1) is 13.8 Å². The number of ether oxygens (including phenoxy) is 3. The second kappa shape index (κ2) is 24.5. The predicted molar refractivity (Wildman–Crippen MR) is 272 cm³/mol. The van der Waals surface area contributed by atoms with E-state index in [0.29, 0.717) is 120 Å². The number of hydrogen-bond acceptors (Lipinski definition) is 15. The molecular weight excluding hydrogens is 955 g/mol. The minimum atomic E-state index is -0.710. The second-order valence-corrected chi connectivity index (χ2v) is 18.9. The molecule has 0 radical (unpaired) electrons. The van der Waals surface area contributed by atoms with Crippen LogP contribution in [0.3, 0.4) is 0 Å². The van der Waals surface area contributed by atoms with Crippen molar-refractivity contribution in [1.82, 2.24) is 44.0 Å². The van der Waals surface area contributed by atoms with Crippen LogP contribution in [0.25, 0.3) is 22.1 Å². The average Bonchev–Trinajstić information content (AvgIpc) is 4.11. The monoisotopic (exact) mass is 1010 g/mol. The quantitative estimate of drug-likeness (QED) is 0.0187. The summed E-state index contributed by atoms with van der Waals surface area (Å²) in [6, 6.07) is 9.49. The lowest BCUT2D eigenvalue weighted by Crippen LogP contribution is -2.25. The summed E-state index contributed by atoms with van der Waals surface area (Å²) in [6.45, 7) is 14.7. The number of carbonyl (C=O) groups is 6. The van der Waals surface area contributed by atoms with Crippen LogP contribution in [0.15, 0.2) is 48.6 Å². The number of nitrogens with one attached hydrogen (secondary N) is 3. The van der Waals surface area contributed by atoms with Crippen molar-refractivity contribution in [3.8, 4) is 11.5 Å². The Balaban J connectivity index is 1.22. The van der Waals surface area contributed by atoms with Crippen LogP contribution in [0.2, 0.25) is 0 Å². The number of unbranched alkanes of at least 4 members (excludes halogenated alkanes) is 1. The smallest absolute Gasteiger partial charge is 0.333 e. The van der Waals surface area contributed by atoms with Gasteiger partial charge >= 0.3 is 5.97 Å². The van der Waals surface area contributed by atoms with Crippen LogP contribution in [0.5, 0.6) is 11.5 Å². The normalized spacial score (nSPS) is 11.2. The van der Waals surface area contributed by atoms with E-state index >= 15 is 0 Å². The van der Waals surface area contributed by atoms with Gasteiger partial charge in [0.1, 0.15) is 40.5 Å². The highest BCUT2D eigenvalue weighted by Gasteiger charge is 2.24. The van der Waals surface area contributed by atoms with E-state index in [9.17, 15) is 28.8 Å². The van der Waals surface area contributed by atoms with Crippen molar-refractivity contribution in [3.63, 3.8) is 0 Å². The number of nitrogens with zero attached hydrogens (tertiary/aromatic N) is 8. The van der Waals surface area contributed by atoms with Crippen molar-refractivity contribution in [2.24, 2.45) is 11.5 Å². The number of benzene rings is 2. The molecule has 0 saturated carbocycles. The molecule has 0 spiro atoms. The number of methoxy groups -OCH3 is 1. The number of carbonyl (C=O) groups excluding carboxylic acids is 6. The molecule has 0 fully saturated rings. The maximum Gasteiger partial charge on any atom is 0.333 e. The number of fused-ring (bicyclic) bond motifs is 2. The summed E-state index contributed by atoms with van der Waals surface area (Å²) in [5, 5.41) is 17.6. The lowest BCUT2D eigenvalue weighted by molar-refractivity contribution is -0.138. The van der Waals surface area contributed by atoms with E-state index in [1.165, 1.54) is 46.9 Å². The van der Waals surface area contributed by atoms with Gasteiger partial charge in [-0.15, -0.1) is 0 Å². The molecule has 5 amide bonds. The Kier molecular flexibility index (Phi) is 18.3. The number of esters is 1. The summed E-state index contributed by atoms with van der Waals surface area (Å²) in [6.07, 6.45) is 1.66. The van der Waals surface area contributed by atoms with E-state index in [2.05, 4.69) is 32.7 Å². The third kappa shape index (κ3) is 13.3. The number of anilines is 2. The summed E-state index contributed by atoms with van der Waals surface area (Å²) in [7, 11) is 4.48. The molecule has 0 unspecified atom stereocenters. The Morgan fingerprint density at radius 1 is 0.704 bits per heavy atom. The van der Waals surface area contributed by atoms with Gasteiger partial charge in [-0.3, -0.25) is 44.0 Å². The Bertz CT molecular complexity index is 2970. The number of amides is 5. The molecule has 0 atom stereocenters. The highest BCUT2D eigenvalue weighted by molar-refractivity contribution is 8.76. The maximum atomic E-state index is 13.9. The van der Waals surface area contributed by atoms with Gasteiger partial charge in [-0.25, -0.2) is 14.8 Å². The number of imidazole rings is 2. The van der Waals surface area contributed by atoms with Crippen LogP contribution < -0.4 is 36.9 Å². The molecule has 0 aliphatic carbocycles. The summed E-state index contributed by atoms with van der Waals surface area (Å²) >= 11 is 0. The highest BCUT2D eigenvalue weighted by atomic mass is 33.1.